The van der Waals surface area contributed by atoms with E-state index in [1.54, 1.807) is 36.4 Å². The molecule has 3 rings (SSSR count). The van der Waals surface area contributed by atoms with Crippen LogP contribution in [-0.4, -0.2) is 28.6 Å². The number of aromatic nitrogens is 2. The first kappa shape index (κ1) is 18.6. The van der Waals surface area contributed by atoms with Crippen LogP contribution in [0.2, 0.25) is 0 Å². The summed E-state index contributed by atoms with van der Waals surface area (Å²) in [7, 11) is 0. The van der Waals surface area contributed by atoms with Gasteiger partial charge in [0.25, 0.3) is 11.8 Å². The molecule has 7 nitrogen and oxygen atoms in total. The summed E-state index contributed by atoms with van der Waals surface area (Å²) in [6.07, 6.45) is 0. The fraction of sp³-hybridized carbons (Fsp3) is 0.0556. The zero-order valence-electron chi connectivity index (χ0n) is 13.8. The van der Waals surface area contributed by atoms with Crippen molar-refractivity contribution in [3.63, 3.8) is 0 Å². The van der Waals surface area contributed by atoms with Gasteiger partial charge in [-0.05, 0) is 54.6 Å². The molecule has 0 fully saturated rings. The highest BCUT2D eigenvalue weighted by Crippen LogP contribution is 2.18. The minimum Gasteiger partial charge on any atom is -0.484 e. The minimum absolute atomic E-state index is 0.142. The number of ether oxygens (including phenoxy) is 1. The van der Waals surface area contributed by atoms with Crippen LogP contribution in [-0.2, 0) is 4.79 Å². The Kier molecular flexibility index (Phi) is 5.82. The van der Waals surface area contributed by atoms with Crippen LogP contribution in [0.25, 0.3) is 11.3 Å². The fourth-order valence-electron chi connectivity index (χ4n) is 2.12. The molecular formula is C18H14BrFN4O3. The lowest BCUT2D eigenvalue weighted by atomic mass is 10.1. The van der Waals surface area contributed by atoms with Crippen molar-refractivity contribution >= 4 is 27.7 Å². The zero-order valence-corrected chi connectivity index (χ0v) is 15.4. The van der Waals surface area contributed by atoms with Crippen molar-refractivity contribution in [1.82, 2.24) is 21.0 Å². The van der Waals surface area contributed by atoms with Crippen molar-refractivity contribution in [2.45, 2.75) is 0 Å². The number of hydrogen-bond donors (Lipinski definition) is 3. The summed E-state index contributed by atoms with van der Waals surface area (Å²) in [5.74, 6) is -0.935. The first-order valence-electron chi connectivity index (χ1n) is 7.80. The van der Waals surface area contributed by atoms with Gasteiger partial charge in [-0.3, -0.25) is 25.5 Å². The van der Waals surface area contributed by atoms with E-state index in [9.17, 15) is 14.0 Å². The van der Waals surface area contributed by atoms with Gasteiger partial charge < -0.3 is 4.74 Å². The third-order valence-electron chi connectivity index (χ3n) is 3.46. The molecule has 1 heterocycles. The fourth-order valence-corrected chi connectivity index (χ4v) is 2.38. The number of hydrogen-bond acceptors (Lipinski definition) is 4. The average molecular weight is 433 g/mol. The van der Waals surface area contributed by atoms with Crippen LogP contribution in [0.5, 0.6) is 5.75 Å². The molecule has 138 valence electrons. The Morgan fingerprint density at radius 2 is 1.78 bits per heavy atom. The van der Waals surface area contributed by atoms with Crippen LogP contribution in [0.1, 0.15) is 10.5 Å². The van der Waals surface area contributed by atoms with Gasteiger partial charge in [0.15, 0.2) is 6.61 Å². The molecule has 0 spiro atoms. The van der Waals surface area contributed by atoms with Crippen LogP contribution in [0.3, 0.4) is 0 Å². The van der Waals surface area contributed by atoms with Gasteiger partial charge in [-0.25, -0.2) is 4.39 Å². The summed E-state index contributed by atoms with van der Waals surface area (Å²) < 4.78 is 19.1. The highest BCUT2D eigenvalue weighted by atomic mass is 79.9. The summed E-state index contributed by atoms with van der Waals surface area (Å²) >= 11 is 3.30. The molecule has 2 amide bonds. The number of benzene rings is 2. The molecule has 0 saturated carbocycles. The van der Waals surface area contributed by atoms with Crippen LogP contribution in [0.4, 0.5) is 4.39 Å². The van der Waals surface area contributed by atoms with Crippen molar-refractivity contribution in [1.29, 1.82) is 0 Å². The first-order chi connectivity index (χ1) is 13.0. The molecule has 27 heavy (non-hydrogen) atoms. The quantitative estimate of drug-likeness (QED) is 0.540. The van der Waals surface area contributed by atoms with Gasteiger partial charge >= 0.3 is 0 Å². The van der Waals surface area contributed by atoms with Crippen LogP contribution in [0.15, 0.2) is 59.1 Å². The highest BCUT2D eigenvalue weighted by molar-refractivity contribution is 9.10. The van der Waals surface area contributed by atoms with Crippen molar-refractivity contribution in [3.05, 3.63) is 70.6 Å². The SMILES string of the molecule is O=C(COc1ccc(Br)cc1)NNC(=O)c1cc(-c2ccc(F)cc2)n[nH]1. The van der Waals surface area contributed by atoms with E-state index in [0.717, 1.165) is 4.47 Å². The predicted molar refractivity (Wildman–Crippen MR) is 99.2 cm³/mol. The number of aromatic amines is 1. The number of halogens is 2. The van der Waals surface area contributed by atoms with Gasteiger partial charge in [-0.15, -0.1) is 0 Å². The van der Waals surface area contributed by atoms with Crippen molar-refractivity contribution < 1.29 is 18.7 Å². The van der Waals surface area contributed by atoms with E-state index in [1.807, 2.05) is 0 Å². The number of amides is 2. The lowest BCUT2D eigenvalue weighted by Gasteiger charge is -2.08. The summed E-state index contributed by atoms with van der Waals surface area (Å²) in [5.41, 5.74) is 5.78. The second-order valence-electron chi connectivity index (χ2n) is 5.42. The Balaban J connectivity index is 1.49. The molecule has 3 aromatic rings. The molecule has 1 aromatic heterocycles. The van der Waals surface area contributed by atoms with Gasteiger partial charge in [0, 0.05) is 10.0 Å². The number of carbonyl (C=O) groups excluding carboxylic acids is 2. The van der Waals surface area contributed by atoms with E-state index >= 15 is 0 Å². The number of carbonyl (C=O) groups is 2. The highest BCUT2D eigenvalue weighted by Gasteiger charge is 2.12. The molecule has 0 aliphatic carbocycles. The number of nitrogens with one attached hydrogen (secondary N) is 3. The summed E-state index contributed by atoms with van der Waals surface area (Å²) in [6.45, 7) is -0.258. The zero-order chi connectivity index (χ0) is 19.2. The average Bonchev–Trinajstić information content (AvgIpc) is 3.16. The molecule has 0 aliphatic heterocycles. The summed E-state index contributed by atoms with van der Waals surface area (Å²) in [4.78, 5) is 23.8. The van der Waals surface area contributed by atoms with E-state index in [1.165, 1.54) is 18.2 Å². The van der Waals surface area contributed by atoms with Crippen LogP contribution in [0, 0.1) is 5.82 Å². The van der Waals surface area contributed by atoms with Gasteiger partial charge in [0.05, 0.1) is 5.69 Å². The molecule has 9 heteroatoms. The van der Waals surface area contributed by atoms with E-state index in [0.29, 0.717) is 17.0 Å². The van der Waals surface area contributed by atoms with Gasteiger partial charge in [-0.1, -0.05) is 15.9 Å². The smallest absolute Gasteiger partial charge is 0.287 e. The van der Waals surface area contributed by atoms with Crippen molar-refractivity contribution in [2.24, 2.45) is 0 Å². The Labute approximate surface area is 162 Å². The third kappa shape index (κ3) is 5.14. The van der Waals surface area contributed by atoms with Crippen LogP contribution >= 0.6 is 15.9 Å². The molecule has 3 N–H and O–H groups in total. The van der Waals surface area contributed by atoms with Crippen molar-refractivity contribution in [3.8, 4) is 17.0 Å². The first-order valence-corrected chi connectivity index (χ1v) is 8.59. The van der Waals surface area contributed by atoms with E-state index < -0.39 is 11.8 Å². The van der Waals surface area contributed by atoms with Gasteiger partial charge in [0.2, 0.25) is 0 Å². The Hall–Kier alpha value is -3.20. The molecular weight excluding hydrogens is 419 g/mol. The second kappa shape index (κ2) is 8.45. The maximum absolute atomic E-state index is 13.0. The molecule has 0 aliphatic rings. The molecule has 0 bridgehead atoms. The number of hydrazine groups is 1. The largest absolute Gasteiger partial charge is 0.484 e. The molecule has 0 atom stereocenters. The minimum atomic E-state index is -0.576. The maximum Gasteiger partial charge on any atom is 0.287 e. The monoisotopic (exact) mass is 432 g/mol. The van der Waals surface area contributed by atoms with Crippen molar-refractivity contribution in [2.75, 3.05) is 6.61 Å². The topological polar surface area (TPSA) is 96.1 Å². The van der Waals surface area contributed by atoms with Gasteiger partial charge in [-0.2, -0.15) is 5.10 Å². The van der Waals surface area contributed by atoms with Crippen LogP contribution < -0.4 is 15.6 Å². The van der Waals surface area contributed by atoms with E-state index in [2.05, 4.69) is 37.0 Å². The maximum atomic E-state index is 13.0. The lowest BCUT2D eigenvalue weighted by Crippen LogP contribution is -2.44. The standard InChI is InChI=1S/C18H14BrFN4O3/c19-12-3-7-14(8-4-12)27-10-17(25)23-24-18(26)16-9-15(21-22-16)11-1-5-13(20)6-2-11/h1-9H,10H2,(H,21,22)(H,23,25)(H,24,26). The summed E-state index contributed by atoms with van der Waals surface area (Å²) in [6, 6.07) is 14.2. The normalized spacial score (nSPS) is 10.3. The predicted octanol–water partition coefficient (Wildman–Crippen LogP) is 2.82. The molecule has 0 unspecified atom stereocenters. The number of nitrogens with zero attached hydrogens (tertiary/aromatic N) is 1. The number of rotatable bonds is 5. The van der Waals surface area contributed by atoms with E-state index in [4.69, 9.17) is 4.74 Å². The third-order valence-corrected chi connectivity index (χ3v) is 3.99. The molecule has 2 aromatic carbocycles. The van der Waals surface area contributed by atoms with E-state index in [-0.39, 0.29) is 18.1 Å². The Morgan fingerprint density at radius 1 is 1.07 bits per heavy atom. The molecule has 0 radical (unpaired) electrons. The molecule has 0 saturated heterocycles. The number of H-pyrrole nitrogens is 1. The Bertz CT molecular complexity index is 942. The van der Waals surface area contributed by atoms with Gasteiger partial charge in [0.1, 0.15) is 17.3 Å². The lowest BCUT2D eigenvalue weighted by molar-refractivity contribution is -0.123. The second-order valence-corrected chi connectivity index (χ2v) is 6.33. The summed E-state index contributed by atoms with van der Waals surface area (Å²) in [5, 5.41) is 6.56. The Morgan fingerprint density at radius 3 is 2.48 bits per heavy atom.